The number of nitrogens with zero attached hydrogens (tertiary/aromatic N) is 2. The Hall–Kier alpha value is -1.16. The van der Waals surface area contributed by atoms with Crippen molar-refractivity contribution in [2.24, 2.45) is 11.7 Å². The highest BCUT2D eigenvalue weighted by Crippen LogP contribution is 2.23. The number of anilines is 1. The van der Waals surface area contributed by atoms with Crippen molar-refractivity contribution in [3.8, 4) is 0 Å². The van der Waals surface area contributed by atoms with Gasteiger partial charge in [0.15, 0.2) is 0 Å². The minimum atomic E-state index is 0.473. The minimum Gasteiger partial charge on any atom is -0.354 e. The molecule has 0 spiro atoms. The van der Waals surface area contributed by atoms with Crippen LogP contribution in [0.15, 0.2) is 12.3 Å². The van der Waals surface area contributed by atoms with E-state index in [9.17, 15) is 0 Å². The van der Waals surface area contributed by atoms with E-state index < -0.39 is 0 Å². The summed E-state index contributed by atoms with van der Waals surface area (Å²) in [4.78, 5) is 8.52. The molecule has 1 aromatic heterocycles. The Morgan fingerprint density at radius 3 is 2.88 bits per heavy atom. The van der Waals surface area contributed by atoms with Gasteiger partial charge in [-0.3, -0.25) is 0 Å². The molecular weight excluding hydrogens is 200 g/mol. The Kier molecular flexibility index (Phi) is 4.10. The molecule has 0 saturated heterocycles. The lowest BCUT2D eigenvalue weighted by molar-refractivity contribution is 0.373. The third-order valence-corrected chi connectivity index (χ3v) is 3.20. The van der Waals surface area contributed by atoms with Crippen molar-refractivity contribution in [3.63, 3.8) is 0 Å². The molecule has 1 saturated carbocycles. The molecule has 88 valence electrons. The van der Waals surface area contributed by atoms with Crippen LogP contribution in [0.1, 0.15) is 37.8 Å². The Labute approximate surface area is 96.7 Å². The third-order valence-electron chi connectivity index (χ3n) is 3.20. The summed E-state index contributed by atoms with van der Waals surface area (Å²) in [6.45, 7) is 1.47. The highest BCUT2D eigenvalue weighted by Gasteiger charge is 2.13. The zero-order valence-electron chi connectivity index (χ0n) is 9.65. The Morgan fingerprint density at radius 1 is 1.31 bits per heavy atom. The molecule has 1 fully saturated rings. The lowest BCUT2D eigenvalue weighted by atomic mass is 9.89. The van der Waals surface area contributed by atoms with Gasteiger partial charge in [-0.15, -0.1) is 0 Å². The average Bonchev–Trinajstić information content (AvgIpc) is 2.38. The van der Waals surface area contributed by atoms with Crippen molar-refractivity contribution in [3.05, 3.63) is 18.0 Å². The highest BCUT2D eigenvalue weighted by molar-refractivity contribution is 5.25. The molecule has 1 aromatic rings. The molecular formula is C12H20N4. The van der Waals surface area contributed by atoms with Crippen LogP contribution in [-0.4, -0.2) is 16.5 Å². The third kappa shape index (κ3) is 3.17. The second-order valence-electron chi connectivity index (χ2n) is 4.46. The second-order valence-corrected chi connectivity index (χ2v) is 4.46. The van der Waals surface area contributed by atoms with E-state index >= 15 is 0 Å². The molecule has 0 amide bonds. The van der Waals surface area contributed by atoms with Gasteiger partial charge >= 0.3 is 0 Å². The number of rotatable bonds is 4. The molecule has 0 bridgehead atoms. The van der Waals surface area contributed by atoms with E-state index in [2.05, 4.69) is 15.3 Å². The van der Waals surface area contributed by atoms with Crippen LogP contribution >= 0.6 is 0 Å². The predicted octanol–water partition coefficient (Wildman–Crippen LogP) is 1.93. The monoisotopic (exact) mass is 220 g/mol. The first-order valence-electron chi connectivity index (χ1n) is 6.14. The highest BCUT2D eigenvalue weighted by atomic mass is 15.1. The quantitative estimate of drug-likeness (QED) is 0.813. The molecule has 2 rings (SSSR count). The van der Waals surface area contributed by atoms with Crippen molar-refractivity contribution >= 4 is 5.95 Å². The van der Waals surface area contributed by atoms with Gasteiger partial charge in [0, 0.05) is 19.3 Å². The van der Waals surface area contributed by atoms with Gasteiger partial charge < -0.3 is 11.1 Å². The van der Waals surface area contributed by atoms with Gasteiger partial charge in [-0.2, -0.15) is 0 Å². The molecule has 3 N–H and O–H groups in total. The molecule has 0 atom stereocenters. The van der Waals surface area contributed by atoms with Crippen LogP contribution in [0.2, 0.25) is 0 Å². The molecule has 1 aliphatic carbocycles. The van der Waals surface area contributed by atoms with Crippen molar-refractivity contribution in [2.75, 3.05) is 11.9 Å². The van der Waals surface area contributed by atoms with Crippen LogP contribution in [0.5, 0.6) is 0 Å². The smallest absolute Gasteiger partial charge is 0.222 e. The van der Waals surface area contributed by atoms with Gasteiger partial charge in [0.2, 0.25) is 5.95 Å². The number of nitrogens with one attached hydrogen (secondary N) is 1. The van der Waals surface area contributed by atoms with Crippen LogP contribution < -0.4 is 11.1 Å². The summed E-state index contributed by atoms with van der Waals surface area (Å²) in [6, 6.07) is 1.85. The van der Waals surface area contributed by atoms with Gasteiger partial charge in [-0.05, 0) is 24.8 Å². The van der Waals surface area contributed by atoms with Crippen LogP contribution in [0.3, 0.4) is 0 Å². The molecule has 16 heavy (non-hydrogen) atoms. The summed E-state index contributed by atoms with van der Waals surface area (Å²) in [7, 11) is 0. The Balaban J connectivity index is 1.83. The maximum Gasteiger partial charge on any atom is 0.222 e. The summed E-state index contributed by atoms with van der Waals surface area (Å²) in [5.74, 6) is 1.51. The Morgan fingerprint density at radius 2 is 2.12 bits per heavy atom. The summed E-state index contributed by atoms with van der Waals surface area (Å²) < 4.78 is 0. The topological polar surface area (TPSA) is 63.8 Å². The van der Waals surface area contributed by atoms with Crippen molar-refractivity contribution in [2.45, 2.75) is 38.6 Å². The number of nitrogens with two attached hydrogens (primary N) is 1. The Bertz CT molecular complexity index is 321. The molecule has 1 heterocycles. The molecule has 1 aliphatic rings. The van der Waals surface area contributed by atoms with E-state index in [1.165, 1.54) is 32.1 Å². The maximum absolute atomic E-state index is 5.54. The number of aromatic nitrogens is 2. The van der Waals surface area contributed by atoms with E-state index in [4.69, 9.17) is 5.73 Å². The average molecular weight is 220 g/mol. The van der Waals surface area contributed by atoms with Gasteiger partial charge in [0.25, 0.3) is 0 Å². The molecule has 0 radical (unpaired) electrons. The predicted molar refractivity (Wildman–Crippen MR) is 65.0 cm³/mol. The van der Waals surface area contributed by atoms with E-state index in [0.29, 0.717) is 12.5 Å². The van der Waals surface area contributed by atoms with Gasteiger partial charge in [-0.25, -0.2) is 9.97 Å². The molecule has 4 nitrogen and oxygen atoms in total. The zero-order chi connectivity index (χ0) is 11.2. The van der Waals surface area contributed by atoms with E-state index in [1.54, 1.807) is 6.20 Å². The zero-order valence-corrected chi connectivity index (χ0v) is 9.65. The normalized spacial score (nSPS) is 17.3. The lowest BCUT2D eigenvalue weighted by Gasteiger charge is -2.21. The standard InChI is InChI=1S/C12H20N4/c13-8-11-6-7-14-12(16-11)15-9-10-4-2-1-3-5-10/h6-7,10H,1-5,8-9,13H2,(H,14,15,16). The van der Waals surface area contributed by atoms with Gasteiger partial charge in [-0.1, -0.05) is 19.3 Å². The molecule has 0 aromatic carbocycles. The van der Waals surface area contributed by atoms with Crippen LogP contribution in [-0.2, 0) is 6.54 Å². The number of hydrogen-bond donors (Lipinski definition) is 2. The maximum atomic E-state index is 5.54. The fourth-order valence-corrected chi connectivity index (χ4v) is 2.22. The van der Waals surface area contributed by atoms with E-state index in [0.717, 1.165) is 18.2 Å². The van der Waals surface area contributed by atoms with Crippen molar-refractivity contribution in [1.29, 1.82) is 0 Å². The summed E-state index contributed by atoms with van der Waals surface area (Å²) >= 11 is 0. The van der Waals surface area contributed by atoms with E-state index in [-0.39, 0.29) is 0 Å². The van der Waals surface area contributed by atoms with Crippen LogP contribution in [0.4, 0.5) is 5.95 Å². The molecule has 0 aliphatic heterocycles. The van der Waals surface area contributed by atoms with Gasteiger partial charge in [0.05, 0.1) is 5.69 Å². The molecule has 0 unspecified atom stereocenters. The van der Waals surface area contributed by atoms with Gasteiger partial charge in [0.1, 0.15) is 0 Å². The first kappa shape index (κ1) is 11.3. The van der Waals surface area contributed by atoms with Crippen LogP contribution in [0.25, 0.3) is 0 Å². The summed E-state index contributed by atoms with van der Waals surface area (Å²) in [5.41, 5.74) is 6.43. The largest absolute Gasteiger partial charge is 0.354 e. The first-order chi connectivity index (χ1) is 7.88. The fraction of sp³-hybridized carbons (Fsp3) is 0.667. The van der Waals surface area contributed by atoms with Crippen molar-refractivity contribution < 1.29 is 0 Å². The fourth-order valence-electron chi connectivity index (χ4n) is 2.22. The minimum absolute atomic E-state index is 0.473. The summed E-state index contributed by atoms with van der Waals surface area (Å²) in [5, 5.41) is 3.31. The van der Waals surface area contributed by atoms with Crippen LogP contribution in [0, 0.1) is 5.92 Å². The second kappa shape index (κ2) is 5.80. The summed E-state index contributed by atoms with van der Waals surface area (Å²) in [6.07, 6.45) is 8.58. The van der Waals surface area contributed by atoms with E-state index in [1.807, 2.05) is 6.07 Å². The van der Waals surface area contributed by atoms with Crippen molar-refractivity contribution in [1.82, 2.24) is 9.97 Å². The number of hydrogen-bond acceptors (Lipinski definition) is 4. The lowest BCUT2D eigenvalue weighted by Crippen LogP contribution is -2.18. The SMILES string of the molecule is NCc1ccnc(NCC2CCCCC2)n1. The first-order valence-corrected chi connectivity index (χ1v) is 6.14. The molecule has 4 heteroatoms.